The fraction of sp³-hybridized carbons (Fsp3) is 0.516. The third kappa shape index (κ3) is 3.14. The summed E-state index contributed by atoms with van der Waals surface area (Å²) in [4.78, 5) is 29.5. The quantitative estimate of drug-likeness (QED) is 0.453. The monoisotopic (exact) mass is 469 g/mol. The highest BCUT2D eigenvalue weighted by atomic mass is 16.5. The van der Waals surface area contributed by atoms with E-state index in [2.05, 4.69) is 32.6 Å². The maximum atomic E-state index is 12.3. The van der Waals surface area contributed by atoms with Crippen LogP contribution in [-0.4, -0.2) is 23.0 Å². The molecule has 4 heteroatoms. The van der Waals surface area contributed by atoms with Gasteiger partial charge in [-0.3, -0.25) is 9.59 Å². The van der Waals surface area contributed by atoms with Gasteiger partial charge in [0.05, 0.1) is 0 Å². The molecule has 1 heterocycles. The predicted octanol–water partition coefficient (Wildman–Crippen LogP) is 6.88. The molecule has 5 aliphatic rings. The summed E-state index contributed by atoms with van der Waals surface area (Å²) < 4.78 is 6.14. The van der Waals surface area contributed by atoms with E-state index >= 15 is 0 Å². The van der Waals surface area contributed by atoms with Gasteiger partial charge in [-0.15, -0.1) is 0 Å². The van der Waals surface area contributed by atoms with Gasteiger partial charge in [-0.05, 0) is 80.1 Å². The molecule has 182 valence electrons. The fourth-order valence-electron chi connectivity index (χ4n) is 8.23. The van der Waals surface area contributed by atoms with Crippen LogP contribution in [0.5, 0.6) is 0 Å². The second-order valence-electron chi connectivity index (χ2n) is 11.5. The van der Waals surface area contributed by atoms with E-state index < -0.39 is 0 Å². The Labute approximate surface area is 208 Å². The van der Waals surface area contributed by atoms with E-state index in [1.807, 2.05) is 18.2 Å². The van der Waals surface area contributed by atoms with Crippen molar-refractivity contribution in [3.63, 3.8) is 0 Å². The van der Waals surface area contributed by atoms with Crippen LogP contribution in [0.4, 0.5) is 0 Å². The van der Waals surface area contributed by atoms with Crippen molar-refractivity contribution in [2.24, 2.45) is 22.2 Å². The summed E-state index contributed by atoms with van der Waals surface area (Å²) in [6.07, 6.45) is 9.38. The van der Waals surface area contributed by atoms with Gasteiger partial charge in [-0.2, -0.15) is 0 Å². The molecule has 2 saturated carbocycles. The lowest BCUT2D eigenvalue weighted by atomic mass is 9.50. The van der Waals surface area contributed by atoms with E-state index in [-0.39, 0.29) is 28.4 Å². The first-order chi connectivity index (χ1) is 16.8. The van der Waals surface area contributed by atoms with Gasteiger partial charge < -0.3 is 4.74 Å². The fourth-order valence-corrected chi connectivity index (χ4v) is 8.23. The zero-order chi connectivity index (χ0) is 24.5. The van der Waals surface area contributed by atoms with Crippen LogP contribution >= 0.6 is 0 Å². The highest BCUT2D eigenvalue weighted by Gasteiger charge is 2.66. The summed E-state index contributed by atoms with van der Waals surface area (Å²) in [5.41, 5.74) is 5.90. The molecule has 1 aliphatic heterocycles. The lowest BCUT2D eigenvalue weighted by Crippen LogP contribution is -2.50. The molecule has 4 nitrogen and oxygen atoms in total. The molecule has 1 aromatic carbocycles. The summed E-state index contributed by atoms with van der Waals surface area (Å²) in [6.45, 7) is 10.6. The molecule has 6 rings (SSSR count). The first kappa shape index (κ1) is 22.7. The van der Waals surface area contributed by atoms with E-state index in [1.54, 1.807) is 12.5 Å². The second-order valence-corrected chi connectivity index (χ2v) is 11.5. The number of aliphatic imine (C=N–C) groups is 1. The number of allylic oxidation sites excluding steroid dienone is 4. The summed E-state index contributed by atoms with van der Waals surface area (Å²) in [7, 11) is 0. The molecule has 0 aromatic heterocycles. The largest absolute Gasteiger partial charge is 0.446 e. The molecular weight excluding hydrogens is 434 g/mol. The van der Waals surface area contributed by atoms with E-state index in [0.717, 1.165) is 62.2 Å². The molecule has 1 spiro atoms. The lowest BCUT2D eigenvalue weighted by molar-refractivity contribution is -0.114. The van der Waals surface area contributed by atoms with Crippen molar-refractivity contribution in [2.75, 3.05) is 0 Å². The molecule has 2 fully saturated rings. The number of hydrogen-bond donors (Lipinski definition) is 0. The minimum atomic E-state index is -0.352. The Balaban J connectivity index is 1.52. The van der Waals surface area contributed by atoms with Crippen molar-refractivity contribution >= 4 is 17.5 Å². The molecule has 5 atom stereocenters. The zero-order valence-electron chi connectivity index (χ0n) is 21.2. The maximum Gasteiger partial charge on any atom is 0.190 e. The number of ether oxygens (including phenoxy) is 1. The van der Waals surface area contributed by atoms with Gasteiger partial charge in [-0.1, -0.05) is 50.3 Å². The first-order valence-electron chi connectivity index (χ1n) is 13.3. The third-order valence-electron chi connectivity index (χ3n) is 9.93. The smallest absolute Gasteiger partial charge is 0.190 e. The summed E-state index contributed by atoms with van der Waals surface area (Å²) in [5.74, 6) is 3.28. The van der Waals surface area contributed by atoms with Crippen LogP contribution in [0, 0.1) is 17.3 Å². The summed E-state index contributed by atoms with van der Waals surface area (Å²) >= 11 is 0. The van der Waals surface area contributed by atoms with Gasteiger partial charge in [0.15, 0.2) is 17.5 Å². The molecule has 4 aliphatic carbocycles. The number of fused-ring (bicyclic) bond motifs is 5. The van der Waals surface area contributed by atoms with Crippen molar-refractivity contribution in [1.82, 2.24) is 0 Å². The van der Waals surface area contributed by atoms with Gasteiger partial charge >= 0.3 is 0 Å². The van der Waals surface area contributed by atoms with Gasteiger partial charge in [-0.25, -0.2) is 4.99 Å². The minimum Gasteiger partial charge on any atom is -0.446 e. The van der Waals surface area contributed by atoms with Crippen molar-refractivity contribution in [1.29, 1.82) is 0 Å². The number of rotatable bonds is 3. The Hall–Kier alpha value is -2.75. The highest BCUT2D eigenvalue weighted by molar-refractivity contribution is 5.94. The molecule has 2 unspecified atom stereocenters. The van der Waals surface area contributed by atoms with Crippen LogP contribution in [0.2, 0.25) is 0 Å². The van der Waals surface area contributed by atoms with Crippen molar-refractivity contribution in [3.05, 3.63) is 70.5 Å². The Kier molecular flexibility index (Phi) is 5.11. The van der Waals surface area contributed by atoms with Gasteiger partial charge in [0, 0.05) is 29.7 Å². The number of carbonyl (C=O) groups excluding carboxylic acids is 2. The standard InChI is InChI=1S/C31H35NO3/c1-5-28-32-31(19(3)35-28)15-14-27-25-12-10-22-16-23(34)11-13-24(22)29(25)26(17-30(27,31)4)21-8-6-20(7-9-21)18(2)33/h6-9,16,25-27H,3,5,10-15,17H2,1-2,4H3/t25?,26-,27?,30+,31-/m1/s1. The molecule has 0 bridgehead atoms. The van der Waals surface area contributed by atoms with E-state index in [4.69, 9.17) is 9.73 Å². The van der Waals surface area contributed by atoms with Crippen molar-refractivity contribution in [3.8, 4) is 0 Å². The van der Waals surface area contributed by atoms with Crippen molar-refractivity contribution in [2.45, 2.75) is 83.6 Å². The number of Topliss-reactive ketones (excluding diaryl/α,β-unsaturated/α-hetero) is 1. The Bertz CT molecular complexity index is 1230. The molecule has 35 heavy (non-hydrogen) atoms. The van der Waals surface area contributed by atoms with E-state index in [9.17, 15) is 9.59 Å². The van der Waals surface area contributed by atoms with Crippen LogP contribution in [0.25, 0.3) is 0 Å². The molecule has 0 N–H and O–H groups in total. The summed E-state index contributed by atoms with van der Waals surface area (Å²) in [5, 5.41) is 0. The van der Waals surface area contributed by atoms with Crippen LogP contribution in [0.15, 0.2) is 64.4 Å². The number of nitrogens with zero attached hydrogens (tertiary/aromatic N) is 1. The summed E-state index contributed by atoms with van der Waals surface area (Å²) in [6, 6.07) is 8.27. The van der Waals surface area contributed by atoms with Crippen molar-refractivity contribution < 1.29 is 14.3 Å². The highest BCUT2D eigenvalue weighted by Crippen LogP contribution is 2.69. The number of carbonyl (C=O) groups is 2. The minimum absolute atomic E-state index is 0.0503. The predicted molar refractivity (Wildman–Crippen MR) is 137 cm³/mol. The number of hydrogen-bond acceptors (Lipinski definition) is 4. The molecular formula is C31H35NO3. The first-order valence-corrected chi connectivity index (χ1v) is 13.3. The molecule has 1 aromatic rings. The third-order valence-corrected chi connectivity index (χ3v) is 9.93. The second kappa shape index (κ2) is 7.88. The maximum absolute atomic E-state index is 12.3. The molecule has 0 radical (unpaired) electrons. The van der Waals surface area contributed by atoms with Crippen LogP contribution < -0.4 is 0 Å². The SMILES string of the molecule is C=C1OC(CC)=N[C@]12CCC1C3CCC4=CC(=O)CCC4=C3[C@@H](c3ccc(C(C)=O)cc3)C[C@@]12C. The Morgan fingerprint density at radius 3 is 2.63 bits per heavy atom. The average molecular weight is 470 g/mol. The average Bonchev–Trinajstić information content (AvgIpc) is 3.34. The molecule has 0 amide bonds. The van der Waals surface area contributed by atoms with Gasteiger partial charge in [0.25, 0.3) is 0 Å². The molecule has 0 saturated heterocycles. The normalized spacial score (nSPS) is 35.8. The van der Waals surface area contributed by atoms with E-state index in [1.165, 1.54) is 16.7 Å². The topological polar surface area (TPSA) is 55.7 Å². The Morgan fingerprint density at radius 2 is 1.94 bits per heavy atom. The van der Waals surface area contributed by atoms with Gasteiger partial charge in [0.2, 0.25) is 0 Å². The lowest BCUT2D eigenvalue weighted by Gasteiger charge is -2.54. The number of benzene rings is 1. The zero-order valence-corrected chi connectivity index (χ0v) is 21.2. The number of ketones is 2. The van der Waals surface area contributed by atoms with Crippen LogP contribution in [0.1, 0.15) is 94.0 Å². The van der Waals surface area contributed by atoms with Crippen LogP contribution in [0.3, 0.4) is 0 Å². The Morgan fingerprint density at radius 1 is 1.17 bits per heavy atom. The van der Waals surface area contributed by atoms with E-state index in [0.29, 0.717) is 18.3 Å². The van der Waals surface area contributed by atoms with Gasteiger partial charge in [0.1, 0.15) is 11.3 Å². The van der Waals surface area contributed by atoms with Crippen LogP contribution in [-0.2, 0) is 9.53 Å².